The highest BCUT2D eigenvalue weighted by molar-refractivity contribution is 7.88. The first-order valence-corrected chi connectivity index (χ1v) is 10.0. The van der Waals surface area contributed by atoms with Crippen LogP contribution >= 0.6 is 0 Å². The van der Waals surface area contributed by atoms with Crippen LogP contribution in [0.5, 0.6) is 0 Å². The van der Waals surface area contributed by atoms with Crippen molar-refractivity contribution in [3.63, 3.8) is 0 Å². The molecule has 1 aromatic carbocycles. The Labute approximate surface area is 152 Å². The topological polar surface area (TPSA) is 101 Å². The number of nitrogens with one attached hydrogen (secondary N) is 2. The highest BCUT2D eigenvalue weighted by Gasteiger charge is 2.26. The molecule has 0 bridgehead atoms. The lowest BCUT2D eigenvalue weighted by Crippen LogP contribution is -2.49. The predicted octanol–water partition coefficient (Wildman–Crippen LogP) is 1.73. The van der Waals surface area contributed by atoms with Gasteiger partial charge in [0.1, 0.15) is 5.76 Å². The first-order chi connectivity index (χ1) is 12.4. The zero-order valence-corrected chi connectivity index (χ0v) is 15.2. The molecule has 1 aliphatic rings. The fourth-order valence-corrected chi connectivity index (χ4v) is 3.54. The Morgan fingerprint density at radius 1 is 1.31 bits per heavy atom. The number of urea groups is 1. The van der Waals surface area contributed by atoms with Crippen molar-refractivity contribution in [1.29, 1.82) is 0 Å². The van der Waals surface area contributed by atoms with E-state index in [-0.39, 0.29) is 25.2 Å². The van der Waals surface area contributed by atoms with Gasteiger partial charge in [-0.15, -0.1) is 0 Å². The van der Waals surface area contributed by atoms with Gasteiger partial charge in [-0.3, -0.25) is 0 Å². The van der Waals surface area contributed by atoms with Crippen molar-refractivity contribution in [1.82, 2.24) is 9.62 Å². The van der Waals surface area contributed by atoms with Gasteiger partial charge in [0, 0.05) is 30.9 Å². The molecule has 0 saturated carbocycles. The SMILES string of the molecule is CS(=O)(=O)N1CCO[C@@H](CNC(=O)Nc2cccc(-c3ccco3)c2)C1. The molecule has 1 aromatic heterocycles. The third kappa shape index (κ3) is 4.84. The van der Waals surface area contributed by atoms with E-state index in [1.165, 1.54) is 10.6 Å². The number of hydrogen-bond acceptors (Lipinski definition) is 5. The fraction of sp³-hybridized carbons (Fsp3) is 0.353. The van der Waals surface area contributed by atoms with Crippen molar-refractivity contribution in [3.8, 4) is 11.3 Å². The van der Waals surface area contributed by atoms with Crippen molar-refractivity contribution in [2.75, 3.05) is 37.8 Å². The maximum absolute atomic E-state index is 12.1. The lowest BCUT2D eigenvalue weighted by atomic mass is 10.1. The summed E-state index contributed by atoms with van der Waals surface area (Å²) in [6, 6.07) is 10.5. The molecule has 2 aromatic rings. The summed E-state index contributed by atoms with van der Waals surface area (Å²) in [6.07, 6.45) is 2.38. The van der Waals surface area contributed by atoms with E-state index in [0.29, 0.717) is 24.6 Å². The summed E-state index contributed by atoms with van der Waals surface area (Å²) in [5.74, 6) is 0.713. The molecule has 3 rings (SSSR count). The Morgan fingerprint density at radius 3 is 2.88 bits per heavy atom. The van der Waals surface area contributed by atoms with Crippen LogP contribution in [-0.4, -0.2) is 57.4 Å². The molecule has 140 valence electrons. The van der Waals surface area contributed by atoms with Gasteiger partial charge in [0.25, 0.3) is 0 Å². The average molecular weight is 379 g/mol. The van der Waals surface area contributed by atoms with Crippen LogP contribution in [0.3, 0.4) is 0 Å². The highest BCUT2D eigenvalue weighted by atomic mass is 32.2. The third-order valence-electron chi connectivity index (χ3n) is 3.99. The number of furan rings is 1. The summed E-state index contributed by atoms with van der Waals surface area (Å²) in [4.78, 5) is 12.1. The molecule has 2 heterocycles. The van der Waals surface area contributed by atoms with Crippen LogP contribution in [0, 0.1) is 0 Å². The summed E-state index contributed by atoms with van der Waals surface area (Å²) in [5.41, 5.74) is 1.48. The average Bonchev–Trinajstić information content (AvgIpc) is 3.14. The molecule has 1 atom stereocenters. The summed E-state index contributed by atoms with van der Waals surface area (Å²) in [7, 11) is -3.26. The molecular weight excluding hydrogens is 358 g/mol. The molecule has 2 N–H and O–H groups in total. The number of anilines is 1. The molecule has 1 fully saturated rings. The first-order valence-electron chi connectivity index (χ1n) is 8.17. The number of ether oxygens (including phenoxy) is 1. The molecule has 2 amide bonds. The molecule has 1 aliphatic heterocycles. The standard InChI is InChI=1S/C17H21N3O5S/c1-26(22,23)20-7-9-24-15(12-20)11-18-17(21)19-14-5-2-4-13(10-14)16-6-3-8-25-16/h2-6,8,10,15H,7,9,11-12H2,1H3,(H2,18,19,21)/t15-/m0/s1. The second kappa shape index (κ2) is 7.90. The maximum Gasteiger partial charge on any atom is 0.319 e. The van der Waals surface area contributed by atoms with E-state index in [0.717, 1.165) is 5.56 Å². The van der Waals surface area contributed by atoms with Crippen LogP contribution in [0.4, 0.5) is 10.5 Å². The lowest BCUT2D eigenvalue weighted by molar-refractivity contribution is 0.00167. The summed E-state index contributed by atoms with van der Waals surface area (Å²) >= 11 is 0. The number of carbonyl (C=O) groups excluding carboxylic acids is 1. The second-order valence-corrected chi connectivity index (χ2v) is 7.99. The quantitative estimate of drug-likeness (QED) is 0.824. The van der Waals surface area contributed by atoms with Crippen molar-refractivity contribution < 1.29 is 22.4 Å². The Bertz CT molecular complexity index is 851. The van der Waals surface area contributed by atoms with Crippen LogP contribution in [0.1, 0.15) is 0 Å². The Balaban J connectivity index is 1.52. The summed E-state index contributed by atoms with van der Waals surface area (Å²) < 4.78 is 35.4. The number of sulfonamides is 1. The third-order valence-corrected chi connectivity index (χ3v) is 5.26. The Morgan fingerprint density at radius 2 is 2.15 bits per heavy atom. The van der Waals surface area contributed by atoms with Crippen LogP contribution in [-0.2, 0) is 14.8 Å². The van der Waals surface area contributed by atoms with Crippen LogP contribution in [0.25, 0.3) is 11.3 Å². The Hall–Kier alpha value is -2.36. The predicted molar refractivity (Wildman–Crippen MR) is 97.3 cm³/mol. The minimum Gasteiger partial charge on any atom is -0.464 e. The number of carbonyl (C=O) groups is 1. The number of rotatable bonds is 5. The van der Waals surface area contributed by atoms with E-state index in [4.69, 9.17) is 9.15 Å². The molecule has 26 heavy (non-hydrogen) atoms. The van der Waals surface area contributed by atoms with Gasteiger partial charge in [0.05, 0.1) is 25.2 Å². The summed E-state index contributed by atoms with van der Waals surface area (Å²) in [5, 5.41) is 5.45. The monoisotopic (exact) mass is 379 g/mol. The summed E-state index contributed by atoms with van der Waals surface area (Å²) in [6.45, 7) is 1.09. The largest absolute Gasteiger partial charge is 0.464 e. The molecule has 0 spiro atoms. The minimum atomic E-state index is -3.26. The van der Waals surface area contributed by atoms with Gasteiger partial charge in [-0.05, 0) is 24.3 Å². The maximum atomic E-state index is 12.1. The normalized spacial score (nSPS) is 18.4. The molecule has 8 nitrogen and oxygen atoms in total. The lowest BCUT2D eigenvalue weighted by Gasteiger charge is -2.31. The number of benzene rings is 1. The van der Waals surface area contributed by atoms with E-state index >= 15 is 0 Å². The zero-order chi connectivity index (χ0) is 18.6. The van der Waals surface area contributed by atoms with Gasteiger partial charge in [0.15, 0.2) is 0 Å². The van der Waals surface area contributed by atoms with E-state index in [1.54, 1.807) is 24.5 Å². The van der Waals surface area contributed by atoms with E-state index in [9.17, 15) is 13.2 Å². The van der Waals surface area contributed by atoms with Crippen LogP contribution in [0.15, 0.2) is 47.1 Å². The van der Waals surface area contributed by atoms with Gasteiger partial charge in [-0.2, -0.15) is 4.31 Å². The zero-order valence-electron chi connectivity index (χ0n) is 14.3. The van der Waals surface area contributed by atoms with Crippen molar-refractivity contribution in [2.24, 2.45) is 0 Å². The smallest absolute Gasteiger partial charge is 0.319 e. The van der Waals surface area contributed by atoms with Gasteiger partial charge in [-0.25, -0.2) is 13.2 Å². The highest BCUT2D eigenvalue weighted by Crippen LogP contribution is 2.22. The van der Waals surface area contributed by atoms with E-state index in [1.807, 2.05) is 18.2 Å². The molecular formula is C17H21N3O5S. The van der Waals surface area contributed by atoms with Gasteiger partial charge < -0.3 is 19.8 Å². The molecule has 0 radical (unpaired) electrons. The minimum absolute atomic E-state index is 0.218. The molecule has 0 aliphatic carbocycles. The van der Waals surface area contributed by atoms with Gasteiger partial charge in [0.2, 0.25) is 10.0 Å². The number of morpholine rings is 1. The Kier molecular flexibility index (Phi) is 5.60. The molecule has 9 heteroatoms. The first kappa shape index (κ1) is 18.4. The van der Waals surface area contributed by atoms with Gasteiger partial charge in [-0.1, -0.05) is 12.1 Å². The van der Waals surface area contributed by atoms with Crippen molar-refractivity contribution in [2.45, 2.75) is 6.10 Å². The van der Waals surface area contributed by atoms with Crippen LogP contribution in [0.2, 0.25) is 0 Å². The number of nitrogens with zero attached hydrogens (tertiary/aromatic N) is 1. The molecule has 0 unspecified atom stereocenters. The number of amides is 2. The molecule has 1 saturated heterocycles. The number of hydrogen-bond donors (Lipinski definition) is 2. The van der Waals surface area contributed by atoms with E-state index in [2.05, 4.69) is 10.6 Å². The van der Waals surface area contributed by atoms with E-state index < -0.39 is 10.0 Å². The second-order valence-electron chi connectivity index (χ2n) is 6.01. The van der Waals surface area contributed by atoms with Crippen molar-refractivity contribution >= 4 is 21.7 Å². The fourth-order valence-electron chi connectivity index (χ4n) is 2.69. The van der Waals surface area contributed by atoms with Crippen LogP contribution < -0.4 is 10.6 Å². The van der Waals surface area contributed by atoms with Crippen molar-refractivity contribution in [3.05, 3.63) is 42.7 Å². The van der Waals surface area contributed by atoms with Gasteiger partial charge >= 0.3 is 6.03 Å².